The number of thiazole rings is 1. The van der Waals surface area contributed by atoms with Crippen molar-refractivity contribution in [3.63, 3.8) is 0 Å². The fourth-order valence-electron chi connectivity index (χ4n) is 2.26. The lowest BCUT2D eigenvalue weighted by molar-refractivity contribution is 0.405. The number of hydrogen-bond acceptors (Lipinski definition) is 3. The van der Waals surface area contributed by atoms with E-state index in [1.165, 1.54) is 29.5 Å². The summed E-state index contributed by atoms with van der Waals surface area (Å²) in [6.45, 7) is 2.05. The van der Waals surface area contributed by atoms with Crippen LogP contribution in [0.5, 0.6) is 5.75 Å². The van der Waals surface area contributed by atoms with Crippen molar-refractivity contribution in [1.82, 2.24) is 4.98 Å². The number of aromatic nitrogens is 1. The molecular weight excluding hydrogens is 218 g/mol. The van der Waals surface area contributed by atoms with Crippen molar-refractivity contribution in [2.24, 2.45) is 0 Å². The highest BCUT2D eigenvalue weighted by atomic mass is 32.1. The van der Waals surface area contributed by atoms with E-state index in [9.17, 15) is 0 Å². The van der Waals surface area contributed by atoms with Gasteiger partial charge in [-0.3, -0.25) is 0 Å². The van der Waals surface area contributed by atoms with E-state index in [0.29, 0.717) is 0 Å². The summed E-state index contributed by atoms with van der Waals surface area (Å²) in [5.74, 6) is 1.68. The molecule has 84 valence electrons. The van der Waals surface area contributed by atoms with E-state index in [-0.39, 0.29) is 0 Å². The van der Waals surface area contributed by atoms with Gasteiger partial charge in [0.05, 0.1) is 16.8 Å². The lowest BCUT2D eigenvalue weighted by Gasteiger charge is -2.26. The van der Waals surface area contributed by atoms with Crippen molar-refractivity contribution in [1.29, 1.82) is 0 Å². The molecule has 1 heterocycles. The first-order chi connectivity index (χ1) is 7.78. The summed E-state index contributed by atoms with van der Waals surface area (Å²) in [6, 6.07) is 4.47. The second kappa shape index (κ2) is 3.74. The van der Waals surface area contributed by atoms with Gasteiger partial charge in [0.1, 0.15) is 11.3 Å². The lowest BCUT2D eigenvalue weighted by atomic mass is 9.80. The molecule has 0 atom stereocenters. The number of ether oxygens (including phenoxy) is 1. The van der Waals surface area contributed by atoms with Gasteiger partial charge in [-0.25, -0.2) is 4.98 Å². The average Bonchev–Trinajstić information content (AvgIpc) is 2.54. The molecule has 0 amide bonds. The smallest absolute Gasteiger partial charge is 0.146 e. The third kappa shape index (κ3) is 1.50. The number of hydrogen-bond donors (Lipinski definition) is 0. The Balaban J connectivity index is 2.16. The third-order valence-electron chi connectivity index (χ3n) is 3.39. The highest BCUT2D eigenvalue weighted by molar-refractivity contribution is 7.18. The van der Waals surface area contributed by atoms with Crippen molar-refractivity contribution >= 4 is 21.6 Å². The highest BCUT2D eigenvalue weighted by Gasteiger charge is 2.21. The normalized spacial score (nSPS) is 16.4. The maximum Gasteiger partial charge on any atom is 0.146 e. The molecule has 0 radical (unpaired) electrons. The van der Waals surface area contributed by atoms with E-state index in [4.69, 9.17) is 4.74 Å². The molecule has 0 aliphatic heterocycles. The van der Waals surface area contributed by atoms with Crippen LogP contribution in [-0.4, -0.2) is 12.1 Å². The quantitative estimate of drug-likeness (QED) is 0.785. The second-order valence-corrected chi connectivity index (χ2v) is 5.67. The first-order valence-electron chi connectivity index (χ1n) is 5.73. The Bertz CT molecular complexity index is 528. The number of aryl methyl sites for hydroxylation is 1. The molecule has 3 heteroatoms. The Kier molecular flexibility index (Phi) is 2.36. The van der Waals surface area contributed by atoms with Crippen molar-refractivity contribution in [3.05, 3.63) is 22.7 Å². The first-order valence-corrected chi connectivity index (χ1v) is 6.54. The average molecular weight is 233 g/mol. The topological polar surface area (TPSA) is 22.1 Å². The van der Waals surface area contributed by atoms with E-state index >= 15 is 0 Å². The Labute approximate surface area is 99.3 Å². The number of methoxy groups -OCH3 is 1. The van der Waals surface area contributed by atoms with E-state index in [2.05, 4.69) is 17.1 Å². The molecular formula is C13H15NOS. The van der Waals surface area contributed by atoms with Gasteiger partial charge in [-0.1, -0.05) is 6.42 Å². The molecule has 1 aliphatic carbocycles. The molecule has 0 bridgehead atoms. The van der Waals surface area contributed by atoms with Gasteiger partial charge in [-0.2, -0.15) is 0 Å². The largest absolute Gasteiger partial charge is 0.494 e. The molecule has 1 saturated carbocycles. The molecule has 0 N–H and O–H groups in total. The third-order valence-corrected chi connectivity index (χ3v) is 4.30. The summed E-state index contributed by atoms with van der Waals surface area (Å²) in [7, 11) is 1.73. The Hall–Kier alpha value is -1.09. The van der Waals surface area contributed by atoms with Gasteiger partial charge in [0.25, 0.3) is 0 Å². The van der Waals surface area contributed by atoms with Gasteiger partial charge in [0.2, 0.25) is 0 Å². The van der Waals surface area contributed by atoms with Gasteiger partial charge in [-0.05, 0) is 43.4 Å². The van der Waals surface area contributed by atoms with Gasteiger partial charge < -0.3 is 4.74 Å². The van der Waals surface area contributed by atoms with Crippen molar-refractivity contribution in [2.45, 2.75) is 32.1 Å². The Morgan fingerprint density at radius 3 is 2.81 bits per heavy atom. The molecule has 16 heavy (non-hydrogen) atoms. The van der Waals surface area contributed by atoms with Gasteiger partial charge >= 0.3 is 0 Å². The minimum Gasteiger partial charge on any atom is -0.494 e. The minimum atomic E-state index is 0.751. The Morgan fingerprint density at radius 2 is 2.19 bits per heavy atom. The number of fused-ring (bicyclic) bond motifs is 1. The van der Waals surface area contributed by atoms with Crippen LogP contribution in [0.4, 0.5) is 0 Å². The number of benzene rings is 1. The molecule has 2 aromatic rings. The maximum atomic E-state index is 5.44. The van der Waals surface area contributed by atoms with Crippen LogP contribution in [0.25, 0.3) is 10.2 Å². The molecule has 0 spiro atoms. The summed E-state index contributed by atoms with van der Waals surface area (Å²) in [4.78, 5) is 4.52. The Morgan fingerprint density at radius 1 is 1.38 bits per heavy atom. The van der Waals surface area contributed by atoms with E-state index in [0.717, 1.165) is 22.2 Å². The van der Waals surface area contributed by atoms with Gasteiger partial charge in [-0.15, -0.1) is 11.3 Å². The van der Waals surface area contributed by atoms with Crippen LogP contribution in [0.15, 0.2) is 12.1 Å². The summed E-state index contributed by atoms with van der Waals surface area (Å²) < 4.78 is 6.71. The summed E-state index contributed by atoms with van der Waals surface area (Å²) in [6.07, 6.45) is 4.02. The van der Waals surface area contributed by atoms with Crippen molar-refractivity contribution in [3.8, 4) is 5.75 Å². The highest BCUT2D eigenvalue weighted by Crippen LogP contribution is 2.41. The SMILES string of the molecule is COc1cc(C2CCC2)cc2sc(C)nc12. The molecule has 0 unspecified atom stereocenters. The van der Waals surface area contributed by atoms with Crippen LogP contribution >= 0.6 is 11.3 Å². The lowest BCUT2D eigenvalue weighted by Crippen LogP contribution is -2.08. The molecule has 3 rings (SSSR count). The maximum absolute atomic E-state index is 5.44. The van der Waals surface area contributed by atoms with Crippen LogP contribution < -0.4 is 4.74 Å². The minimum absolute atomic E-state index is 0.751. The van der Waals surface area contributed by atoms with Crippen molar-refractivity contribution in [2.75, 3.05) is 7.11 Å². The van der Waals surface area contributed by atoms with Crippen LogP contribution in [0.3, 0.4) is 0 Å². The van der Waals surface area contributed by atoms with Crippen LogP contribution in [0.1, 0.15) is 35.8 Å². The molecule has 1 fully saturated rings. The first kappa shape index (κ1) is 10.1. The zero-order valence-electron chi connectivity index (χ0n) is 9.62. The van der Waals surface area contributed by atoms with Gasteiger partial charge in [0.15, 0.2) is 0 Å². The number of rotatable bonds is 2. The van der Waals surface area contributed by atoms with Gasteiger partial charge in [0, 0.05) is 0 Å². The molecule has 0 saturated heterocycles. The number of nitrogens with zero attached hydrogens (tertiary/aromatic N) is 1. The summed E-state index contributed by atoms with van der Waals surface area (Å²) in [5, 5.41) is 1.11. The van der Waals surface area contributed by atoms with E-state index in [1.54, 1.807) is 18.4 Å². The fourth-order valence-corrected chi connectivity index (χ4v) is 3.16. The second-order valence-electron chi connectivity index (χ2n) is 4.43. The fraction of sp³-hybridized carbons (Fsp3) is 0.462. The molecule has 1 aromatic carbocycles. The standard InChI is InChI=1S/C13H15NOS/c1-8-14-13-11(15-2)6-10(7-12(13)16-8)9-4-3-5-9/h6-7,9H,3-5H2,1-2H3. The zero-order chi connectivity index (χ0) is 11.1. The summed E-state index contributed by atoms with van der Waals surface area (Å²) >= 11 is 1.76. The van der Waals surface area contributed by atoms with Crippen LogP contribution in [0, 0.1) is 6.92 Å². The molecule has 1 aromatic heterocycles. The molecule has 1 aliphatic rings. The zero-order valence-corrected chi connectivity index (χ0v) is 10.4. The van der Waals surface area contributed by atoms with Crippen LogP contribution in [-0.2, 0) is 0 Å². The predicted octanol–water partition coefficient (Wildman–Crippen LogP) is 3.88. The molecule has 2 nitrogen and oxygen atoms in total. The van der Waals surface area contributed by atoms with Crippen molar-refractivity contribution < 1.29 is 4.74 Å². The van der Waals surface area contributed by atoms with Crippen LogP contribution in [0.2, 0.25) is 0 Å². The van der Waals surface area contributed by atoms with E-state index in [1.807, 2.05) is 6.92 Å². The monoisotopic (exact) mass is 233 g/mol. The predicted molar refractivity (Wildman–Crippen MR) is 67.5 cm³/mol. The summed E-state index contributed by atoms with van der Waals surface area (Å²) in [5.41, 5.74) is 2.45. The van der Waals surface area contributed by atoms with E-state index < -0.39 is 0 Å².